The molecule has 0 aliphatic carbocycles. The Kier molecular flexibility index (Phi) is 5.86. The minimum Gasteiger partial charge on any atom is -0.445 e. The highest BCUT2D eigenvalue weighted by Gasteiger charge is 2.31. The molecule has 2 aromatic rings. The van der Waals surface area contributed by atoms with Crippen LogP contribution in [0.25, 0.3) is 0 Å². The summed E-state index contributed by atoms with van der Waals surface area (Å²) in [6, 6.07) is 17.0. The lowest BCUT2D eigenvalue weighted by molar-refractivity contribution is -0.119. The Bertz CT molecular complexity index is 764. The van der Waals surface area contributed by atoms with Crippen molar-refractivity contribution in [2.75, 3.05) is 18.4 Å². The average Bonchev–Trinajstić information content (AvgIpc) is 3.17. The minimum atomic E-state index is -0.380. The predicted octanol–water partition coefficient (Wildman–Crippen LogP) is 2.74. The van der Waals surface area contributed by atoms with Gasteiger partial charge in [0.1, 0.15) is 6.61 Å². The van der Waals surface area contributed by atoms with Crippen LogP contribution < -0.4 is 11.1 Å². The summed E-state index contributed by atoms with van der Waals surface area (Å²) in [6.07, 6.45) is 0.248. The predicted molar refractivity (Wildman–Crippen MR) is 99.3 cm³/mol. The van der Waals surface area contributed by atoms with Gasteiger partial charge in [-0.2, -0.15) is 0 Å². The molecule has 3 N–H and O–H groups in total. The number of nitrogens with zero attached hydrogens (tertiary/aromatic N) is 1. The van der Waals surface area contributed by atoms with Gasteiger partial charge in [-0.15, -0.1) is 0 Å². The van der Waals surface area contributed by atoms with E-state index in [1.807, 2.05) is 54.6 Å². The number of hydrogen-bond donors (Lipinski definition) is 2. The molecule has 0 bridgehead atoms. The van der Waals surface area contributed by atoms with Gasteiger partial charge >= 0.3 is 6.09 Å². The SMILES string of the molecule is NCc1cccc(NC(=O)[C@H]2CCN(C(=O)OCc3ccccc3)C2)c1. The van der Waals surface area contributed by atoms with Gasteiger partial charge in [-0.05, 0) is 29.7 Å². The lowest BCUT2D eigenvalue weighted by Crippen LogP contribution is -2.31. The molecule has 0 saturated carbocycles. The number of carbonyl (C=O) groups is 2. The summed E-state index contributed by atoms with van der Waals surface area (Å²) in [6.45, 7) is 1.55. The molecule has 0 spiro atoms. The molecule has 1 aliphatic rings. The molecule has 1 fully saturated rings. The number of nitrogens with two attached hydrogens (primary N) is 1. The Morgan fingerprint density at radius 2 is 1.88 bits per heavy atom. The summed E-state index contributed by atoms with van der Waals surface area (Å²) in [5.74, 6) is -0.321. The van der Waals surface area contributed by atoms with Crippen molar-refractivity contribution in [3.8, 4) is 0 Å². The van der Waals surface area contributed by atoms with Gasteiger partial charge in [-0.3, -0.25) is 4.79 Å². The fraction of sp³-hybridized carbons (Fsp3) is 0.300. The number of rotatable bonds is 5. The maximum Gasteiger partial charge on any atom is 0.410 e. The van der Waals surface area contributed by atoms with Gasteiger partial charge in [-0.1, -0.05) is 42.5 Å². The fourth-order valence-electron chi connectivity index (χ4n) is 2.97. The summed E-state index contributed by atoms with van der Waals surface area (Å²) in [5.41, 5.74) is 8.25. The van der Waals surface area contributed by atoms with Crippen molar-refractivity contribution in [2.24, 2.45) is 11.7 Å². The van der Waals surface area contributed by atoms with E-state index in [9.17, 15) is 9.59 Å². The van der Waals surface area contributed by atoms with E-state index in [0.717, 1.165) is 16.8 Å². The molecule has 0 aromatic heterocycles. The van der Waals surface area contributed by atoms with E-state index in [2.05, 4.69) is 5.32 Å². The Morgan fingerprint density at radius 1 is 1.12 bits per heavy atom. The number of anilines is 1. The fourth-order valence-corrected chi connectivity index (χ4v) is 2.97. The zero-order chi connectivity index (χ0) is 18.4. The largest absolute Gasteiger partial charge is 0.445 e. The lowest BCUT2D eigenvalue weighted by atomic mass is 10.1. The minimum absolute atomic E-state index is 0.0856. The monoisotopic (exact) mass is 353 g/mol. The Labute approximate surface area is 152 Å². The van der Waals surface area contributed by atoms with Crippen molar-refractivity contribution in [2.45, 2.75) is 19.6 Å². The molecule has 6 nitrogen and oxygen atoms in total. The number of nitrogens with one attached hydrogen (secondary N) is 1. The van der Waals surface area contributed by atoms with Crippen LogP contribution in [0.2, 0.25) is 0 Å². The second-order valence-corrected chi connectivity index (χ2v) is 6.37. The van der Waals surface area contributed by atoms with Gasteiger partial charge in [0.2, 0.25) is 5.91 Å². The van der Waals surface area contributed by atoms with Crippen LogP contribution in [0.15, 0.2) is 54.6 Å². The summed E-state index contributed by atoms with van der Waals surface area (Å²) in [4.78, 5) is 26.2. The van der Waals surface area contributed by atoms with E-state index in [-0.39, 0.29) is 24.5 Å². The van der Waals surface area contributed by atoms with Crippen LogP contribution in [-0.2, 0) is 22.7 Å². The van der Waals surface area contributed by atoms with Crippen LogP contribution in [-0.4, -0.2) is 30.0 Å². The number of benzene rings is 2. The van der Waals surface area contributed by atoms with Crippen LogP contribution >= 0.6 is 0 Å². The first-order valence-corrected chi connectivity index (χ1v) is 8.71. The first-order valence-electron chi connectivity index (χ1n) is 8.71. The van der Waals surface area contributed by atoms with E-state index >= 15 is 0 Å². The van der Waals surface area contributed by atoms with Crippen LogP contribution in [0.5, 0.6) is 0 Å². The lowest BCUT2D eigenvalue weighted by Gasteiger charge is -2.16. The van der Waals surface area contributed by atoms with Crippen molar-refractivity contribution in [3.63, 3.8) is 0 Å². The normalized spacial score (nSPS) is 16.3. The average molecular weight is 353 g/mol. The highest BCUT2D eigenvalue weighted by molar-refractivity contribution is 5.93. The van der Waals surface area contributed by atoms with Crippen molar-refractivity contribution >= 4 is 17.7 Å². The molecule has 1 heterocycles. The smallest absolute Gasteiger partial charge is 0.410 e. The number of hydrogen-bond acceptors (Lipinski definition) is 4. The standard InChI is InChI=1S/C20H23N3O3/c21-12-16-7-4-8-18(11-16)22-19(24)17-9-10-23(13-17)20(25)26-14-15-5-2-1-3-6-15/h1-8,11,17H,9-10,12-14,21H2,(H,22,24)/t17-/m0/s1. The van der Waals surface area contributed by atoms with Crippen molar-refractivity contribution in [1.82, 2.24) is 4.90 Å². The van der Waals surface area contributed by atoms with E-state index < -0.39 is 0 Å². The van der Waals surface area contributed by atoms with E-state index in [0.29, 0.717) is 26.1 Å². The molecule has 0 unspecified atom stereocenters. The van der Waals surface area contributed by atoms with Crippen LogP contribution in [0.3, 0.4) is 0 Å². The molecule has 136 valence electrons. The number of carbonyl (C=O) groups excluding carboxylic acids is 2. The zero-order valence-corrected chi connectivity index (χ0v) is 14.6. The molecule has 1 saturated heterocycles. The van der Waals surface area contributed by atoms with Crippen LogP contribution in [0, 0.1) is 5.92 Å². The molecule has 26 heavy (non-hydrogen) atoms. The number of ether oxygens (including phenoxy) is 1. The highest BCUT2D eigenvalue weighted by atomic mass is 16.6. The van der Waals surface area contributed by atoms with Gasteiger partial charge < -0.3 is 20.7 Å². The highest BCUT2D eigenvalue weighted by Crippen LogP contribution is 2.20. The maximum atomic E-state index is 12.4. The third kappa shape index (κ3) is 4.61. The summed E-state index contributed by atoms with van der Waals surface area (Å²) in [7, 11) is 0. The molecule has 1 aliphatic heterocycles. The van der Waals surface area contributed by atoms with Gasteiger partial charge in [0.05, 0.1) is 5.92 Å². The number of amides is 2. The van der Waals surface area contributed by atoms with E-state index in [1.165, 1.54) is 0 Å². The molecule has 1 atom stereocenters. The van der Waals surface area contributed by atoms with Crippen LogP contribution in [0.4, 0.5) is 10.5 Å². The van der Waals surface area contributed by atoms with Crippen molar-refractivity contribution in [1.29, 1.82) is 0 Å². The summed E-state index contributed by atoms with van der Waals surface area (Å²) < 4.78 is 5.33. The topological polar surface area (TPSA) is 84.7 Å². The zero-order valence-electron chi connectivity index (χ0n) is 14.6. The molecule has 3 rings (SSSR count). The van der Waals surface area contributed by atoms with Gasteiger partial charge in [0, 0.05) is 25.3 Å². The molecule has 2 amide bonds. The maximum absolute atomic E-state index is 12.4. The van der Waals surface area contributed by atoms with Crippen LogP contribution in [0.1, 0.15) is 17.5 Å². The van der Waals surface area contributed by atoms with Gasteiger partial charge in [-0.25, -0.2) is 4.79 Å². The van der Waals surface area contributed by atoms with Gasteiger partial charge in [0.25, 0.3) is 0 Å². The molecule has 2 aromatic carbocycles. The van der Waals surface area contributed by atoms with Gasteiger partial charge in [0.15, 0.2) is 0 Å². The Morgan fingerprint density at radius 3 is 2.65 bits per heavy atom. The molecule has 6 heteroatoms. The number of likely N-dealkylation sites (tertiary alicyclic amines) is 1. The summed E-state index contributed by atoms with van der Waals surface area (Å²) in [5, 5.41) is 2.90. The van der Waals surface area contributed by atoms with E-state index in [4.69, 9.17) is 10.5 Å². The Hall–Kier alpha value is -2.86. The second kappa shape index (κ2) is 8.49. The molecular formula is C20H23N3O3. The first-order chi connectivity index (χ1) is 12.7. The van der Waals surface area contributed by atoms with Crippen molar-refractivity contribution in [3.05, 3.63) is 65.7 Å². The Balaban J connectivity index is 1.49. The third-order valence-corrected chi connectivity index (χ3v) is 4.45. The summed E-state index contributed by atoms with van der Waals surface area (Å²) >= 11 is 0. The first kappa shape index (κ1) is 17.9. The quantitative estimate of drug-likeness (QED) is 0.866. The van der Waals surface area contributed by atoms with E-state index in [1.54, 1.807) is 4.90 Å². The molecular weight excluding hydrogens is 330 g/mol. The molecule has 0 radical (unpaired) electrons. The van der Waals surface area contributed by atoms with Crippen molar-refractivity contribution < 1.29 is 14.3 Å². The second-order valence-electron chi connectivity index (χ2n) is 6.37. The third-order valence-electron chi connectivity index (χ3n) is 4.45.